The van der Waals surface area contributed by atoms with Crippen LogP contribution in [0.2, 0.25) is 0 Å². The van der Waals surface area contributed by atoms with Crippen LogP contribution in [0.4, 0.5) is 5.69 Å². The highest BCUT2D eigenvalue weighted by Gasteiger charge is 2.18. The average molecular weight is 405 g/mol. The van der Waals surface area contributed by atoms with Crippen molar-refractivity contribution in [2.45, 2.75) is 0 Å². The molecule has 5 rings (SSSR count). The maximum absolute atomic E-state index is 11.3. The maximum Gasteiger partial charge on any atom is 0.374 e. The number of nitrogens with two attached hydrogens (primary N) is 1. The summed E-state index contributed by atoms with van der Waals surface area (Å²) < 4.78 is 5.37. The number of hydrogen-bond donors (Lipinski definition) is 2. The Morgan fingerprint density at radius 2 is 1.16 bits per heavy atom. The van der Waals surface area contributed by atoms with Crippen molar-refractivity contribution in [2.75, 3.05) is 5.73 Å². The van der Waals surface area contributed by atoms with E-state index in [-0.39, 0.29) is 11.4 Å². The van der Waals surface area contributed by atoms with Gasteiger partial charge in [0.25, 0.3) is 0 Å². The molecule has 0 amide bonds. The summed E-state index contributed by atoms with van der Waals surface area (Å²) in [5.41, 5.74) is 13.2. The van der Waals surface area contributed by atoms with Gasteiger partial charge >= 0.3 is 5.97 Å². The second kappa shape index (κ2) is 7.50. The van der Waals surface area contributed by atoms with E-state index in [0.29, 0.717) is 11.0 Å². The molecule has 0 aliphatic rings. The fourth-order valence-corrected chi connectivity index (χ4v) is 3.82. The van der Waals surface area contributed by atoms with Gasteiger partial charge in [0.15, 0.2) is 0 Å². The van der Waals surface area contributed by atoms with Crippen molar-refractivity contribution >= 4 is 22.6 Å². The lowest BCUT2D eigenvalue weighted by molar-refractivity contribution is 0.0666. The summed E-state index contributed by atoms with van der Waals surface area (Å²) in [7, 11) is 0. The first-order valence-electron chi connectivity index (χ1n) is 9.92. The van der Waals surface area contributed by atoms with Crippen molar-refractivity contribution in [1.29, 1.82) is 0 Å². The van der Waals surface area contributed by atoms with Crippen molar-refractivity contribution in [3.8, 4) is 33.4 Å². The summed E-state index contributed by atoms with van der Waals surface area (Å²) in [6.07, 6.45) is 0. The third-order valence-electron chi connectivity index (χ3n) is 5.44. The van der Waals surface area contributed by atoms with Gasteiger partial charge in [-0.3, -0.25) is 0 Å². The molecule has 1 aromatic heterocycles. The number of carboxylic acids is 1. The van der Waals surface area contributed by atoms with Gasteiger partial charge in [-0.15, -0.1) is 0 Å². The second-order valence-corrected chi connectivity index (χ2v) is 7.39. The summed E-state index contributed by atoms with van der Waals surface area (Å²) in [4.78, 5) is 11.3. The standard InChI is InChI=1S/C27H19NO3/c28-25-23-16-22(13-14-24(23)31-26(25)27(29)30)21-8-4-7-20(15-21)19-11-9-18(10-12-19)17-5-2-1-3-6-17/h1-16H,28H2,(H,29,30). The normalized spacial score (nSPS) is 11.0. The third-order valence-corrected chi connectivity index (χ3v) is 5.44. The molecule has 0 saturated carbocycles. The van der Waals surface area contributed by atoms with Crippen LogP contribution in [0.5, 0.6) is 0 Å². The highest BCUT2D eigenvalue weighted by molar-refractivity contribution is 6.03. The number of hydrogen-bond acceptors (Lipinski definition) is 3. The minimum atomic E-state index is -1.17. The van der Waals surface area contributed by atoms with E-state index >= 15 is 0 Å². The number of fused-ring (bicyclic) bond motifs is 1. The molecule has 0 radical (unpaired) electrons. The summed E-state index contributed by atoms with van der Waals surface area (Å²) >= 11 is 0. The van der Waals surface area contributed by atoms with Crippen molar-refractivity contribution in [1.82, 2.24) is 0 Å². The van der Waals surface area contributed by atoms with Gasteiger partial charge in [0.1, 0.15) is 5.58 Å². The largest absolute Gasteiger partial charge is 0.475 e. The molecular weight excluding hydrogens is 386 g/mol. The van der Waals surface area contributed by atoms with Gasteiger partial charge in [0, 0.05) is 5.39 Å². The van der Waals surface area contributed by atoms with E-state index in [0.717, 1.165) is 22.3 Å². The zero-order valence-corrected chi connectivity index (χ0v) is 16.6. The molecule has 0 atom stereocenters. The van der Waals surface area contributed by atoms with Crippen molar-refractivity contribution in [3.05, 3.63) is 103 Å². The van der Waals surface area contributed by atoms with Crippen molar-refractivity contribution < 1.29 is 14.3 Å². The number of rotatable bonds is 4. The van der Waals surface area contributed by atoms with Crippen molar-refractivity contribution in [2.24, 2.45) is 0 Å². The Labute approximate surface area is 179 Å². The van der Waals surface area contributed by atoms with Crippen LogP contribution in [0.3, 0.4) is 0 Å². The molecule has 4 nitrogen and oxygen atoms in total. The Morgan fingerprint density at radius 3 is 1.84 bits per heavy atom. The van der Waals surface area contributed by atoms with E-state index in [9.17, 15) is 9.90 Å². The summed E-state index contributed by atoms with van der Waals surface area (Å²) in [5.74, 6) is -1.39. The van der Waals surface area contributed by atoms with Crippen LogP contribution in [0, 0.1) is 0 Å². The minimum Gasteiger partial charge on any atom is -0.475 e. The van der Waals surface area contributed by atoms with Gasteiger partial charge in [-0.05, 0) is 51.6 Å². The predicted octanol–water partition coefficient (Wildman–Crippen LogP) is 6.71. The molecule has 150 valence electrons. The van der Waals surface area contributed by atoms with Gasteiger partial charge in [-0.25, -0.2) is 4.79 Å². The fraction of sp³-hybridized carbons (Fsp3) is 0. The Bertz CT molecular complexity index is 1400. The van der Waals surface area contributed by atoms with E-state index in [1.54, 1.807) is 6.07 Å². The van der Waals surface area contributed by atoms with E-state index < -0.39 is 5.97 Å². The summed E-state index contributed by atoms with van der Waals surface area (Å²) in [6, 6.07) is 32.6. The monoisotopic (exact) mass is 405 g/mol. The van der Waals surface area contributed by atoms with Crippen LogP contribution >= 0.6 is 0 Å². The Hall–Kier alpha value is -4.31. The Balaban J connectivity index is 1.50. The molecule has 0 aliphatic carbocycles. The van der Waals surface area contributed by atoms with Gasteiger partial charge < -0.3 is 15.3 Å². The first-order chi connectivity index (χ1) is 15.1. The van der Waals surface area contributed by atoms with Crippen LogP contribution in [-0.2, 0) is 0 Å². The molecule has 31 heavy (non-hydrogen) atoms. The number of furan rings is 1. The minimum absolute atomic E-state index is 0.150. The summed E-state index contributed by atoms with van der Waals surface area (Å²) in [6.45, 7) is 0. The van der Waals surface area contributed by atoms with Crippen LogP contribution in [0.25, 0.3) is 44.3 Å². The highest BCUT2D eigenvalue weighted by Crippen LogP contribution is 2.34. The number of carboxylic acid groups (broad SMARTS) is 1. The lowest BCUT2D eigenvalue weighted by atomic mass is 9.96. The van der Waals surface area contributed by atoms with Gasteiger partial charge in [-0.1, -0.05) is 78.9 Å². The number of anilines is 1. The molecule has 0 unspecified atom stereocenters. The molecule has 1 heterocycles. The molecular formula is C27H19NO3. The molecule has 0 bridgehead atoms. The molecule has 0 aliphatic heterocycles. The number of carbonyl (C=O) groups is 1. The first-order valence-corrected chi connectivity index (χ1v) is 9.92. The Morgan fingerprint density at radius 1 is 0.645 bits per heavy atom. The molecule has 4 aromatic carbocycles. The number of benzene rings is 4. The molecule has 5 aromatic rings. The van der Waals surface area contributed by atoms with Crippen LogP contribution in [-0.4, -0.2) is 11.1 Å². The smallest absolute Gasteiger partial charge is 0.374 e. The molecule has 0 spiro atoms. The van der Waals surface area contributed by atoms with Crippen LogP contribution in [0.1, 0.15) is 10.6 Å². The molecule has 4 heteroatoms. The predicted molar refractivity (Wildman–Crippen MR) is 124 cm³/mol. The van der Waals surface area contributed by atoms with Gasteiger partial charge in [0.05, 0.1) is 5.69 Å². The second-order valence-electron chi connectivity index (χ2n) is 7.39. The van der Waals surface area contributed by atoms with E-state index in [1.165, 1.54) is 11.1 Å². The lowest BCUT2D eigenvalue weighted by Crippen LogP contribution is -1.98. The third kappa shape index (κ3) is 3.45. The van der Waals surface area contributed by atoms with Gasteiger partial charge in [0.2, 0.25) is 5.76 Å². The maximum atomic E-state index is 11.3. The topological polar surface area (TPSA) is 76.5 Å². The van der Waals surface area contributed by atoms with Crippen LogP contribution < -0.4 is 5.73 Å². The van der Waals surface area contributed by atoms with E-state index in [1.807, 2.05) is 42.5 Å². The first kappa shape index (κ1) is 18.7. The highest BCUT2D eigenvalue weighted by atomic mass is 16.4. The SMILES string of the molecule is Nc1c(C(=O)O)oc2ccc(-c3cccc(-c4ccc(-c5ccccc5)cc4)c3)cc12. The fourth-order valence-electron chi connectivity index (χ4n) is 3.82. The molecule has 0 saturated heterocycles. The van der Waals surface area contributed by atoms with E-state index in [4.69, 9.17) is 10.2 Å². The van der Waals surface area contributed by atoms with Crippen molar-refractivity contribution in [3.63, 3.8) is 0 Å². The van der Waals surface area contributed by atoms with Crippen LogP contribution in [0.15, 0.2) is 101 Å². The quantitative estimate of drug-likeness (QED) is 0.348. The molecule has 0 fully saturated rings. The molecule has 3 N–H and O–H groups in total. The zero-order valence-electron chi connectivity index (χ0n) is 16.6. The number of nitrogen functional groups attached to an aromatic ring is 1. The number of aromatic carboxylic acids is 1. The Kier molecular flexibility index (Phi) is 4.53. The average Bonchev–Trinajstić information content (AvgIpc) is 3.16. The zero-order chi connectivity index (χ0) is 21.4. The summed E-state index contributed by atoms with van der Waals surface area (Å²) in [5, 5.41) is 9.84. The lowest BCUT2D eigenvalue weighted by Gasteiger charge is -2.08. The van der Waals surface area contributed by atoms with Gasteiger partial charge in [-0.2, -0.15) is 0 Å². The van der Waals surface area contributed by atoms with E-state index in [2.05, 4.69) is 48.5 Å².